The Hall–Kier alpha value is -2.60. The van der Waals surface area contributed by atoms with Crippen LogP contribution < -0.4 is 4.90 Å². The number of halogens is 1. The van der Waals surface area contributed by atoms with Crippen molar-refractivity contribution in [3.63, 3.8) is 0 Å². The Labute approximate surface area is 240 Å². The largest absolute Gasteiger partial charge is 0.462 e. The molecule has 4 nitrogen and oxygen atoms in total. The molecule has 0 bridgehead atoms. The van der Waals surface area contributed by atoms with E-state index in [1.54, 1.807) is 0 Å². The molecule has 4 rings (SSSR count). The number of anilines is 1. The van der Waals surface area contributed by atoms with Crippen LogP contribution in [0.2, 0.25) is 23.2 Å². The van der Waals surface area contributed by atoms with Crippen LogP contribution in [-0.4, -0.2) is 34.0 Å². The molecule has 0 amide bonds. The van der Waals surface area contributed by atoms with E-state index in [1.807, 2.05) is 43.3 Å². The highest BCUT2D eigenvalue weighted by atomic mass is 35.5. The number of ether oxygens (including phenoxy) is 1. The van der Waals surface area contributed by atoms with Crippen molar-refractivity contribution in [3.8, 4) is 11.1 Å². The third kappa shape index (κ3) is 6.94. The van der Waals surface area contributed by atoms with Gasteiger partial charge in [-0.2, -0.15) is 0 Å². The fraction of sp³-hybridized carbons (Fsp3) is 0.424. The Morgan fingerprint density at radius 2 is 1.59 bits per heavy atom. The zero-order chi connectivity index (χ0) is 28.2. The molecule has 3 aromatic carbocycles. The minimum atomic E-state index is -2.05. The number of hydrogen-bond donors (Lipinski definition) is 0. The summed E-state index contributed by atoms with van der Waals surface area (Å²) in [6.45, 7) is 15.7. The van der Waals surface area contributed by atoms with E-state index in [9.17, 15) is 4.79 Å². The number of hydrogen-bond acceptors (Lipinski definition) is 4. The molecule has 6 heteroatoms. The van der Waals surface area contributed by atoms with Crippen LogP contribution in [0, 0.1) is 5.92 Å². The molecule has 3 aromatic rings. The lowest BCUT2D eigenvalue weighted by atomic mass is 9.84. The first-order chi connectivity index (χ1) is 18.5. The fourth-order valence-corrected chi connectivity index (χ4v) is 6.46. The molecule has 1 saturated heterocycles. The molecule has 1 heterocycles. The van der Waals surface area contributed by atoms with Gasteiger partial charge in [-0.05, 0) is 96.9 Å². The van der Waals surface area contributed by atoms with Crippen molar-refractivity contribution < 1.29 is 14.0 Å². The maximum atomic E-state index is 12.1. The second-order valence-electron chi connectivity index (χ2n) is 12.0. The quantitative estimate of drug-likeness (QED) is 0.202. The van der Waals surface area contributed by atoms with Crippen molar-refractivity contribution in [1.29, 1.82) is 0 Å². The van der Waals surface area contributed by atoms with E-state index in [0.717, 1.165) is 42.2 Å². The molecule has 0 aromatic heterocycles. The summed E-state index contributed by atoms with van der Waals surface area (Å²) in [7, 11) is -2.05. The second kappa shape index (κ2) is 12.3. The minimum absolute atomic E-state index is 0.0195. The van der Waals surface area contributed by atoms with Crippen LogP contribution in [0.5, 0.6) is 0 Å². The van der Waals surface area contributed by atoms with Gasteiger partial charge in [0.2, 0.25) is 0 Å². The van der Waals surface area contributed by atoms with E-state index in [4.69, 9.17) is 20.8 Å². The van der Waals surface area contributed by atoms with Crippen LogP contribution in [0.25, 0.3) is 11.1 Å². The van der Waals surface area contributed by atoms with E-state index < -0.39 is 8.32 Å². The van der Waals surface area contributed by atoms with Gasteiger partial charge in [0.25, 0.3) is 0 Å². The lowest BCUT2D eigenvalue weighted by Gasteiger charge is -2.44. The topological polar surface area (TPSA) is 38.8 Å². The summed E-state index contributed by atoms with van der Waals surface area (Å²) in [6, 6.07) is 24.6. The predicted octanol–water partition coefficient (Wildman–Crippen LogP) is 9.16. The fourth-order valence-electron chi connectivity index (χ4n) is 5.03. The molecular weight excluding hydrogens is 522 g/mol. The molecule has 1 atom stereocenters. The van der Waals surface area contributed by atoms with E-state index in [0.29, 0.717) is 18.1 Å². The van der Waals surface area contributed by atoms with E-state index in [2.05, 4.69) is 75.2 Å². The summed E-state index contributed by atoms with van der Waals surface area (Å²) >= 11 is 6.22. The van der Waals surface area contributed by atoms with Gasteiger partial charge in [-0.25, -0.2) is 4.79 Å². The van der Waals surface area contributed by atoms with E-state index >= 15 is 0 Å². The average molecular weight is 564 g/mol. The van der Waals surface area contributed by atoms with Crippen molar-refractivity contribution in [1.82, 2.24) is 0 Å². The molecule has 0 N–H and O–H groups in total. The van der Waals surface area contributed by atoms with Gasteiger partial charge in [0.15, 0.2) is 8.32 Å². The first-order valence-electron chi connectivity index (χ1n) is 14.0. The van der Waals surface area contributed by atoms with E-state index in [-0.39, 0.29) is 17.1 Å². The maximum absolute atomic E-state index is 12.1. The van der Waals surface area contributed by atoms with Gasteiger partial charge in [0.05, 0.1) is 18.3 Å². The predicted molar refractivity (Wildman–Crippen MR) is 165 cm³/mol. The summed E-state index contributed by atoms with van der Waals surface area (Å²) in [5.41, 5.74) is 5.39. The van der Waals surface area contributed by atoms with Gasteiger partial charge < -0.3 is 14.1 Å². The molecule has 1 aliphatic rings. The molecule has 1 fully saturated rings. The van der Waals surface area contributed by atoms with Crippen LogP contribution in [0.1, 0.15) is 62.6 Å². The SMILES string of the molecule is CCOC(=O)c1ccc(N2CCC(C(O[Si](C)(C)C(C)(C)C)c3ccccc3-c3ccc(Cl)cc3)CC2)cc1. The standard InChI is InChI=1S/C33H42ClNO3Si/c1-7-37-32(36)26-14-18-28(19-15-26)35-22-20-25(21-23-35)31(38-39(5,6)33(2,3)4)30-11-9-8-10-29(30)24-12-16-27(34)17-13-24/h8-19,25,31H,7,20-23H2,1-6H3. The summed E-state index contributed by atoms with van der Waals surface area (Å²) < 4.78 is 12.4. The minimum Gasteiger partial charge on any atom is -0.462 e. The molecule has 0 radical (unpaired) electrons. The van der Waals surface area contributed by atoms with Crippen molar-refractivity contribution >= 4 is 31.6 Å². The molecule has 208 valence electrons. The smallest absolute Gasteiger partial charge is 0.338 e. The summed E-state index contributed by atoms with van der Waals surface area (Å²) in [4.78, 5) is 14.5. The van der Waals surface area contributed by atoms with Gasteiger partial charge in [-0.15, -0.1) is 0 Å². The monoisotopic (exact) mass is 563 g/mol. The lowest BCUT2D eigenvalue weighted by Crippen LogP contribution is -2.45. The molecule has 39 heavy (non-hydrogen) atoms. The number of carbonyl (C=O) groups excluding carboxylic acids is 1. The second-order valence-corrected chi connectivity index (χ2v) is 17.2. The third-order valence-electron chi connectivity index (χ3n) is 8.36. The zero-order valence-corrected chi connectivity index (χ0v) is 25.9. The van der Waals surface area contributed by atoms with Crippen molar-refractivity contribution in [2.24, 2.45) is 5.92 Å². The number of piperidine rings is 1. The molecular formula is C33H42ClNO3Si. The average Bonchev–Trinajstić information content (AvgIpc) is 2.92. The van der Waals surface area contributed by atoms with Crippen LogP contribution >= 0.6 is 11.6 Å². The Morgan fingerprint density at radius 1 is 0.974 bits per heavy atom. The summed E-state index contributed by atoms with van der Waals surface area (Å²) in [5, 5.41) is 0.856. The maximum Gasteiger partial charge on any atom is 0.338 e. The van der Waals surface area contributed by atoms with Crippen LogP contribution in [0.4, 0.5) is 5.69 Å². The molecule has 0 saturated carbocycles. The summed E-state index contributed by atoms with van der Waals surface area (Å²) in [5.74, 6) is 0.135. The zero-order valence-electron chi connectivity index (χ0n) is 24.2. The van der Waals surface area contributed by atoms with Crippen LogP contribution in [-0.2, 0) is 9.16 Å². The molecule has 0 aliphatic carbocycles. The van der Waals surface area contributed by atoms with Gasteiger partial charge in [0, 0.05) is 23.8 Å². The highest BCUT2D eigenvalue weighted by molar-refractivity contribution is 6.74. The molecule has 1 aliphatic heterocycles. The van der Waals surface area contributed by atoms with E-state index in [1.165, 1.54) is 11.1 Å². The highest BCUT2D eigenvalue weighted by Gasteiger charge is 2.42. The highest BCUT2D eigenvalue weighted by Crippen LogP contribution is 2.46. The lowest BCUT2D eigenvalue weighted by molar-refractivity contribution is 0.0526. The Morgan fingerprint density at radius 3 is 2.18 bits per heavy atom. The first kappa shape index (κ1) is 29.4. The third-order valence-corrected chi connectivity index (χ3v) is 13.1. The number of benzene rings is 3. The Bertz CT molecular complexity index is 1240. The number of nitrogens with zero attached hydrogens (tertiary/aromatic N) is 1. The number of rotatable bonds is 8. The molecule has 0 spiro atoms. The van der Waals surface area contributed by atoms with Gasteiger partial charge in [0.1, 0.15) is 0 Å². The van der Waals surface area contributed by atoms with Crippen LogP contribution in [0.3, 0.4) is 0 Å². The molecule has 1 unspecified atom stereocenters. The normalized spacial score (nSPS) is 15.7. The van der Waals surface area contributed by atoms with Crippen LogP contribution in [0.15, 0.2) is 72.8 Å². The summed E-state index contributed by atoms with van der Waals surface area (Å²) in [6.07, 6.45) is 2.09. The number of carbonyl (C=O) groups is 1. The van der Waals surface area contributed by atoms with Crippen molar-refractivity contribution in [2.75, 3.05) is 24.6 Å². The van der Waals surface area contributed by atoms with Crippen molar-refractivity contribution in [2.45, 2.75) is 64.8 Å². The van der Waals surface area contributed by atoms with Crippen molar-refractivity contribution in [3.05, 3.63) is 88.9 Å². The number of esters is 1. The van der Waals surface area contributed by atoms with Gasteiger partial charge >= 0.3 is 5.97 Å². The van der Waals surface area contributed by atoms with Gasteiger partial charge in [-0.1, -0.05) is 68.8 Å². The first-order valence-corrected chi connectivity index (χ1v) is 17.3. The van der Waals surface area contributed by atoms with Gasteiger partial charge in [-0.3, -0.25) is 0 Å². The Kier molecular flexibility index (Phi) is 9.25. The Balaban J connectivity index is 1.59.